The maximum atomic E-state index is 11.4. The molecule has 1 saturated carbocycles. The minimum atomic E-state index is -0.272. The molecule has 0 radical (unpaired) electrons. The molecule has 1 aromatic rings. The largest absolute Gasteiger partial charge is 0.322 e. The lowest BCUT2D eigenvalue weighted by molar-refractivity contribution is 0.0907. The highest BCUT2D eigenvalue weighted by molar-refractivity contribution is 5.87. The van der Waals surface area contributed by atoms with Crippen molar-refractivity contribution in [2.45, 2.75) is 18.8 Å². The molecule has 0 unspecified atom stereocenters. The Morgan fingerprint density at radius 1 is 1.71 bits per heavy atom. The van der Waals surface area contributed by atoms with Crippen LogP contribution in [0.25, 0.3) is 0 Å². The van der Waals surface area contributed by atoms with Gasteiger partial charge in [-0.2, -0.15) is 0 Å². The second-order valence-corrected chi connectivity index (χ2v) is 3.37. The number of imidazole rings is 1. The van der Waals surface area contributed by atoms with Crippen molar-refractivity contribution in [3.05, 3.63) is 17.7 Å². The quantitative estimate of drug-likeness (QED) is 0.694. The van der Waals surface area contributed by atoms with E-state index in [-0.39, 0.29) is 18.3 Å². The molecule has 0 aliphatic heterocycles. The molecule has 1 aliphatic carbocycles. The summed E-state index contributed by atoms with van der Waals surface area (Å²) in [5.41, 5.74) is 6.08. The monoisotopic (exact) mass is 193 g/mol. The second-order valence-electron chi connectivity index (χ2n) is 3.37. The van der Waals surface area contributed by atoms with Crippen molar-refractivity contribution in [3.63, 3.8) is 0 Å². The van der Waals surface area contributed by atoms with Gasteiger partial charge in [-0.3, -0.25) is 14.2 Å². The summed E-state index contributed by atoms with van der Waals surface area (Å²) in [4.78, 5) is 26.0. The van der Waals surface area contributed by atoms with Crippen LogP contribution in [0.2, 0.25) is 0 Å². The van der Waals surface area contributed by atoms with Gasteiger partial charge in [0.05, 0.1) is 6.54 Å². The van der Waals surface area contributed by atoms with Crippen LogP contribution in [-0.2, 0) is 0 Å². The van der Waals surface area contributed by atoms with E-state index in [0.29, 0.717) is 12.2 Å². The van der Waals surface area contributed by atoms with E-state index in [1.54, 1.807) is 6.20 Å². The number of hydrogen-bond acceptors (Lipinski definition) is 4. The van der Waals surface area contributed by atoms with E-state index in [9.17, 15) is 9.59 Å². The molecule has 0 saturated heterocycles. The fourth-order valence-corrected chi connectivity index (χ4v) is 1.49. The summed E-state index contributed by atoms with van der Waals surface area (Å²) >= 11 is 0. The number of nitrogens with two attached hydrogens (primary N) is 1. The van der Waals surface area contributed by atoms with Crippen LogP contribution in [0.3, 0.4) is 0 Å². The first-order chi connectivity index (χ1) is 6.77. The third-order valence-corrected chi connectivity index (χ3v) is 2.34. The van der Waals surface area contributed by atoms with Crippen LogP contribution in [0, 0.1) is 0 Å². The molecule has 0 atom stereocenters. The second kappa shape index (κ2) is 3.34. The number of aromatic nitrogens is 2. The molecule has 1 heterocycles. The molecule has 5 heteroatoms. The highest BCUT2D eigenvalue weighted by Gasteiger charge is 2.29. The summed E-state index contributed by atoms with van der Waals surface area (Å²) in [6.07, 6.45) is 4.29. The first-order valence-electron chi connectivity index (χ1n) is 4.54. The Morgan fingerprint density at radius 2 is 2.43 bits per heavy atom. The number of nitrogens with zero attached hydrogens (tertiary/aromatic N) is 2. The molecule has 2 N–H and O–H groups in total. The van der Waals surface area contributed by atoms with Crippen LogP contribution in [0.15, 0.2) is 6.20 Å². The van der Waals surface area contributed by atoms with Gasteiger partial charge in [-0.05, 0) is 12.8 Å². The Bertz CT molecular complexity index is 379. The van der Waals surface area contributed by atoms with Gasteiger partial charge < -0.3 is 5.73 Å². The molecule has 14 heavy (non-hydrogen) atoms. The van der Waals surface area contributed by atoms with Crippen molar-refractivity contribution in [1.82, 2.24) is 9.55 Å². The fourth-order valence-electron chi connectivity index (χ4n) is 1.49. The van der Waals surface area contributed by atoms with Gasteiger partial charge in [0.2, 0.25) is 5.91 Å². The average molecular weight is 193 g/mol. The summed E-state index contributed by atoms with van der Waals surface area (Å²) in [6.45, 7) is -0.100. The minimum Gasteiger partial charge on any atom is -0.322 e. The van der Waals surface area contributed by atoms with Crippen molar-refractivity contribution >= 4 is 12.2 Å². The van der Waals surface area contributed by atoms with Gasteiger partial charge in [0, 0.05) is 17.8 Å². The van der Waals surface area contributed by atoms with E-state index in [4.69, 9.17) is 5.73 Å². The molecule has 1 aliphatic rings. The number of hydrogen-bond donors (Lipinski definition) is 1. The molecule has 1 aromatic heterocycles. The van der Waals surface area contributed by atoms with Crippen molar-refractivity contribution in [2.75, 3.05) is 6.54 Å². The smallest absolute Gasteiger partial charge is 0.246 e. The van der Waals surface area contributed by atoms with Gasteiger partial charge in [-0.1, -0.05) is 0 Å². The van der Waals surface area contributed by atoms with Crippen LogP contribution < -0.4 is 5.73 Å². The van der Waals surface area contributed by atoms with E-state index in [1.807, 2.05) is 0 Å². The lowest BCUT2D eigenvalue weighted by Gasteiger charge is -2.04. The maximum Gasteiger partial charge on any atom is 0.246 e. The van der Waals surface area contributed by atoms with Crippen LogP contribution >= 0.6 is 0 Å². The van der Waals surface area contributed by atoms with E-state index in [1.165, 1.54) is 4.57 Å². The van der Waals surface area contributed by atoms with E-state index in [0.717, 1.165) is 18.5 Å². The zero-order chi connectivity index (χ0) is 10.1. The number of carbonyl (C=O) groups excluding carboxylic acids is 2. The summed E-state index contributed by atoms with van der Waals surface area (Å²) in [7, 11) is 0. The molecular formula is C9H11N3O2. The Morgan fingerprint density at radius 3 is 2.93 bits per heavy atom. The SMILES string of the molecule is NCC(=O)n1c(C2CC2)cnc1C=O. The molecule has 2 rings (SSSR count). The van der Waals surface area contributed by atoms with Gasteiger partial charge in [0.15, 0.2) is 12.1 Å². The van der Waals surface area contributed by atoms with Crippen molar-refractivity contribution in [2.24, 2.45) is 5.73 Å². The van der Waals surface area contributed by atoms with Crippen LogP contribution in [-0.4, -0.2) is 28.3 Å². The standard InChI is InChI=1S/C9H11N3O2/c10-3-9(14)12-7(6-1-2-6)4-11-8(12)5-13/h4-6H,1-3,10H2. The van der Waals surface area contributed by atoms with Gasteiger partial charge in [-0.25, -0.2) is 4.98 Å². The molecule has 1 fully saturated rings. The molecule has 0 amide bonds. The summed E-state index contributed by atoms with van der Waals surface area (Å²) in [6, 6.07) is 0. The predicted octanol–water partition coefficient (Wildman–Crippen LogP) is 0.172. The van der Waals surface area contributed by atoms with E-state index < -0.39 is 0 Å². The molecular weight excluding hydrogens is 182 g/mol. The normalized spacial score (nSPS) is 15.5. The summed E-state index contributed by atoms with van der Waals surface area (Å²) in [5.74, 6) is 0.264. The van der Waals surface area contributed by atoms with Crippen molar-refractivity contribution < 1.29 is 9.59 Å². The van der Waals surface area contributed by atoms with Gasteiger partial charge in [0.1, 0.15) is 0 Å². The summed E-state index contributed by atoms with van der Waals surface area (Å²) in [5, 5.41) is 0. The van der Waals surface area contributed by atoms with Crippen molar-refractivity contribution in [1.29, 1.82) is 0 Å². The van der Waals surface area contributed by atoms with E-state index in [2.05, 4.69) is 4.98 Å². The highest BCUT2D eigenvalue weighted by atomic mass is 16.2. The third kappa shape index (κ3) is 1.35. The number of carbonyl (C=O) groups is 2. The lowest BCUT2D eigenvalue weighted by Crippen LogP contribution is -2.24. The predicted molar refractivity (Wildman–Crippen MR) is 49.3 cm³/mol. The Kier molecular flexibility index (Phi) is 2.17. The fraction of sp³-hybridized carbons (Fsp3) is 0.444. The minimum absolute atomic E-state index is 0.100. The molecule has 5 nitrogen and oxygen atoms in total. The first-order valence-corrected chi connectivity index (χ1v) is 4.54. The Balaban J connectivity index is 2.44. The molecule has 74 valence electrons. The zero-order valence-electron chi connectivity index (χ0n) is 7.64. The third-order valence-electron chi connectivity index (χ3n) is 2.34. The first kappa shape index (κ1) is 9.08. The Labute approximate surface area is 80.9 Å². The van der Waals surface area contributed by atoms with Crippen LogP contribution in [0.1, 0.15) is 39.9 Å². The van der Waals surface area contributed by atoms with Gasteiger partial charge in [0.25, 0.3) is 0 Å². The molecule has 0 aromatic carbocycles. The van der Waals surface area contributed by atoms with E-state index >= 15 is 0 Å². The zero-order valence-corrected chi connectivity index (χ0v) is 7.64. The lowest BCUT2D eigenvalue weighted by atomic mass is 10.3. The molecule has 0 spiro atoms. The average Bonchev–Trinajstić information content (AvgIpc) is 2.96. The number of rotatable bonds is 3. The summed E-state index contributed by atoms with van der Waals surface area (Å²) < 4.78 is 1.34. The highest BCUT2D eigenvalue weighted by Crippen LogP contribution is 2.40. The van der Waals surface area contributed by atoms with Gasteiger partial charge >= 0.3 is 0 Å². The number of aldehydes is 1. The molecule has 0 bridgehead atoms. The van der Waals surface area contributed by atoms with Crippen molar-refractivity contribution in [3.8, 4) is 0 Å². The topological polar surface area (TPSA) is 78.0 Å². The maximum absolute atomic E-state index is 11.4. The van der Waals surface area contributed by atoms with Crippen LogP contribution in [0.4, 0.5) is 0 Å². The van der Waals surface area contributed by atoms with Gasteiger partial charge in [-0.15, -0.1) is 0 Å². The Hall–Kier alpha value is -1.49. The van der Waals surface area contributed by atoms with Crippen LogP contribution in [0.5, 0.6) is 0 Å².